The summed E-state index contributed by atoms with van der Waals surface area (Å²) in [5.41, 5.74) is 2.60. The molecule has 3 nitrogen and oxygen atoms in total. The molecular formula is C18H22N2O. The Hall–Kier alpha value is -1.87. The highest BCUT2D eigenvalue weighted by Crippen LogP contribution is 2.22. The van der Waals surface area contributed by atoms with E-state index in [-0.39, 0.29) is 5.56 Å². The second-order valence-electron chi connectivity index (χ2n) is 5.94. The maximum absolute atomic E-state index is 11.7. The molecular weight excluding hydrogens is 260 g/mol. The molecule has 1 atom stereocenters. The van der Waals surface area contributed by atoms with Gasteiger partial charge in [0, 0.05) is 31.9 Å². The first-order valence-corrected chi connectivity index (χ1v) is 7.66. The number of benzene rings is 1. The van der Waals surface area contributed by atoms with E-state index >= 15 is 0 Å². The number of aromatic nitrogens is 1. The number of nitrogens with zero attached hydrogens (tertiary/aromatic N) is 2. The molecule has 0 amide bonds. The first-order valence-electron chi connectivity index (χ1n) is 7.66. The minimum Gasteiger partial charge on any atom is -0.319 e. The molecule has 1 aliphatic rings. The molecule has 1 unspecified atom stereocenters. The Balaban J connectivity index is 1.69. The van der Waals surface area contributed by atoms with Crippen LogP contribution in [0.4, 0.5) is 0 Å². The van der Waals surface area contributed by atoms with E-state index in [0.717, 1.165) is 25.1 Å². The maximum atomic E-state index is 11.7. The van der Waals surface area contributed by atoms with Gasteiger partial charge < -0.3 is 4.57 Å². The first-order chi connectivity index (χ1) is 10.2. The molecule has 0 spiro atoms. The van der Waals surface area contributed by atoms with Crippen molar-refractivity contribution in [2.45, 2.75) is 31.8 Å². The third-order valence-corrected chi connectivity index (χ3v) is 4.37. The van der Waals surface area contributed by atoms with Crippen molar-refractivity contribution in [2.75, 3.05) is 6.54 Å². The van der Waals surface area contributed by atoms with Gasteiger partial charge in [-0.15, -0.1) is 0 Å². The fourth-order valence-electron chi connectivity index (χ4n) is 3.14. The summed E-state index contributed by atoms with van der Waals surface area (Å²) in [6.45, 7) is 2.01. The minimum absolute atomic E-state index is 0.0753. The van der Waals surface area contributed by atoms with E-state index in [9.17, 15) is 4.79 Å². The molecule has 21 heavy (non-hydrogen) atoms. The molecule has 3 rings (SSSR count). The highest BCUT2D eigenvalue weighted by molar-refractivity contribution is 5.17. The van der Waals surface area contributed by atoms with Crippen LogP contribution in [0, 0.1) is 0 Å². The van der Waals surface area contributed by atoms with Crippen molar-refractivity contribution in [3.63, 3.8) is 0 Å². The summed E-state index contributed by atoms with van der Waals surface area (Å²) in [4.78, 5) is 14.2. The number of hydrogen-bond donors (Lipinski definition) is 0. The van der Waals surface area contributed by atoms with E-state index in [1.165, 1.54) is 18.4 Å². The predicted octanol–water partition coefficient (Wildman–Crippen LogP) is 2.59. The van der Waals surface area contributed by atoms with Crippen LogP contribution in [0.1, 0.15) is 24.0 Å². The summed E-state index contributed by atoms with van der Waals surface area (Å²) in [6.07, 6.45) is 5.47. The first kappa shape index (κ1) is 14.1. The predicted molar refractivity (Wildman–Crippen MR) is 85.3 cm³/mol. The van der Waals surface area contributed by atoms with Gasteiger partial charge >= 0.3 is 0 Å². The molecule has 0 N–H and O–H groups in total. The summed E-state index contributed by atoms with van der Waals surface area (Å²) in [5.74, 6) is 0. The Labute approximate surface area is 125 Å². The summed E-state index contributed by atoms with van der Waals surface area (Å²) in [6, 6.07) is 15.1. The third kappa shape index (κ3) is 3.42. The quantitative estimate of drug-likeness (QED) is 0.861. The van der Waals surface area contributed by atoms with Crippen molar-refractivity contribution >= 4 is 0 Å². The number of pyridine rings is 1. The maximum Gasteiger partial charge on any atom is 0.250 e. The Bertz CT molecular complexity index is 648. The SMILES string of the molecule is Cn1ccc(CN2CCCC2Cc2ccccc2)cc1=O. The Morgan fingerprint density at radius 2 is 1.95 bits per heavy atom. The van der Waals surface area contributed by atoms with Crippen molar-refractivity contribution in [3.05, 3.63) is 70.1 Å². The summed E-state index contributed by atoms with van der Waals surface area (Å²) >= 11 is 0. The van der Waals surface area contributed by atoms with E-state index in [0.29, 0.717) is 6.04 Å². The van der Waals surface area contributed by atoms with Crippen molar-refractivity contribution in [3.8, 4) is 0 Å². The Kier molecular flexibility index (Phi) is 4.20. The van der Waals surface area contributed by atoms with Crippen molar-refractivity contribution in [1.82, 2.24) is 9.47 Å². The topological polar surface area (TPSA) is 25.2 Å². The lowest BCUT2D eigenvalue weighted by atomic mass is 10.0. The summed E-state index contributed by atoms with van der Waals surface area (Å²) in [7, 11) is 1.79. The average Bonchev–Trinajstić information content (AvgIpc) is 2.91. The van der Waals surface area contributed by atoms with Crippen LogP contribution in [0.5, 0.6) is 0 Å². The molecule has 0 bridgehead atoms. The minimum atomic E-state index is 0.0753. The van der Waals surface area contributed by atoms with E-state index in [2.05, 4.69) is 41.3 Å². The second kappa shape index (κ2) is 6.27. The molecule has 1 fully saturated rings. The molecule has 0 aliphatic carbocycles. The van der Waals surface area contributed by atoms with Crippen LogP contribution in [0.2, 0.25) is 0 Å². The zero-order chi connectivity index (χ0) is 14.7. The van der Waals surface area contributed by atoms with Crippen LogP contribution < -0.4 is 5.56 Å². The van der Waals surface area contributed by atoms with E-state index in [1.807, 2.05) is 6.20 Å². The fraction of sp³-hybridized carbons (Fsp3) is 0.389. The van der Waals surface area contributed by atoms with Crippen molar-refractivity contribution < 1.29 is 0 Å². The van der Waals surface area contributed by atoms with Crippen molar-refractivity contribution in [1.29, 1.82) is 0 Å². The van der Waals surface area contributed by atoms with Crippen LogP contribution >= 0.6 is 0 Å². The number of likely N-dealkylation sites (tertiary alicyclic amines) is 1. The van der Waals surface area contributed by atoms with Gasteiger partial charge in [0.25, 0.3) is 5.56 Å². The van der Waals surface area contributed by atoms with E-state index in [4.69, 9.17) is 0 Å². The number of aryl methyl sites for hydroxylation is 1. The van der Waals surface area contributed by atoms with Gasteiger partial charge in [-0.1, -0.05) is 30.3 Å². The monoisotopic (exact) mass is 282 g/mol. The lowest BCUT2D eigenvalue weighted by Crippen LogP contribution is -2.31. The molecule has 1 aromatic heterocycles. The largest absolute Gasteiger partial charge is 0.319 e. The Morgan fingerprint density at radius 3 is 2.71 bits per heavy atom. The van der Waals surface area contributed by atoms with Crippen LogP contribution in [0.15, 0.2) is 53.5 Å². The zero-order valence-electron chi connectivity index (χ0n) is 12.5. The van der Waals surface area contributed by atoms with Crippen LogP contribution in [0.3, 0.4) is 0 Å². The van der Waals surface area contributed by atoms with Gasteiger partial charge in [-0.25, -0.2) is 0 Å². The summed E-state index contributed by atoms with van der Waals surface area (Å²) in [5, 5.41) is 0. The van der Waals surface area contributed by atoms with Gasteiger partial charge in [0.2, 0.25) is 0 Å². The van der Waals surface area contributed by atoms with Gasteiger partial charge in [0.15, 0.2) is 0 Å². The normalized spacial score (nSPS) is 19.0. The standard InChI is InChI=1S/C18H22N2O/c1-19-11-9-16(13-18(19)21)14-20-10-5-8-17(20)12-15-6-3-2-4-7-15/h2-4,6-7,9,11,13,17H,5,8,10,12,14H2,1H3. The lowest BCUT2D eigenvalue weighted by Gasteiger charge is -2.24. The highest BCUT2D eigenvalue weighted by atomic mass is 16.1. The van der Waals surface area contributed by atoms with E-state index < -0.39 is 0 Å². The van der Waals surface area contributed by atoms with Gasteiger partial charge in [-0.2, -0.15) is 0 Å². The molecule has 110 valence electrons. The fourth-order valence-corrected chi connectivity index (χ4v) is 3.14. The molecule has 0 radical (unpaired) electrons. The van der Waals surface area contributed by atoms with Crippen LogP contribution in [-0.2, 0) is 20.0 Å². The molecule has 1 saturated heterocycles. The van der Waals surface area contributed by atoms with Crippen LogP contribution in [0.25, 0.3) is 0 Å². The second-order valence-corrected chi connectivity index (χ2v) is 5.94. The lowest BCUT2D eigenvalue weighted by molar-refractivity contribution is 0.244. The molecule has 2 heterocycles. The van der Waals surface area contributed by atoms with Gasteiger partial charge in [-0.3, -0.25) is 9.69 Å². The number of hydrogen-bond acceptors (Lipinski definition) is 2. The molecule has 0 saturated carbocycles. The molecule has 3 heteroatoms. The zero-order valence-corrected chi connectivity index (χ0v) is 12.5. The molecule has 1 aromatic carbocycles. The van der Waals surface area contributed by atoms with E-state index in [1.54, 1.807) is 17.7 Å². The number of rotatable bonds is 4. The average molecular weight is 282 g/mol. The highest BCUT2D eigenvalue weighted by Gasteiger charge is 2.24. The smallest absolute Gasteiger partial charge is 0.250 e. The Morgan fingerprint density at radius 1 is 1.14 bits per heavy atom. The van der Waals surface area contributed by atoms with Gasteiger partial charge in [0.05, 0.1) is 0 Å². The molecule has 1 aliphatic heterocycles. The van der Waals surface area contributed by atoms with Gasteiger partial charge in [0.1, 0.15) is 0 Å². The van der Waals surface area contributed by atoms with Crippen molar-refractivity contribution in [2.24, 2.45) is 7.05 Å². The molecule has 2 aromatic rings. The third-order valence-electron chi connectivity index (χ3n) is 4.37. The summed E-state index contributed by atoms with van der Waals surface area (Å²) < 4.78 is 1.62. The van der Waals surface area contributed by atoms with Gasteiger partial charge in [-0.05, 0) is 43.0 Å². The van der Waals surface area contributed by atoms with Crippen LogP contribution in [-0.4, -0.2) is 22.1 Å².